The Kier molecular flexibility index (Phi) is 10.9. The standard InChI is InChI=1S/C4H10N.Ce/c1-4-5(2)3;/h1,4H2,2-3H3;/q-1;. The van der Waals surface area contributed by atoms with Gasteiger partial charge >= 0.3 is 0 Å². The van der Waals surface area contributed by atoms with Crippen molar-refractivity contribution in [1.29, 1.82) is 0 Å². The predicted octanol–water partition coefficient (Wildman–Crippen LogP) is 0.382. The Morgan fingerprint density at radius 2 is 1.67 bits per heavy atom. The van der Waals surface area contributed by atoms with Gasteiger partial charge in [-0.3, -0.25) is 0 Å². The smallest absolute Gasteiger partial charge is 0 e. The molecule has 0 radical (unpaired) electrons. The molecule has 0 amide bonds. The predicted molar refractivity (Wildman–Crippen MR) is 23.9 cm³/mol. The third kappa shape index (κ3) is 9.01. The molecule has 0 aliphatic rings. The van der Waals surface area contributed by atoms with Crippen LogP contribution in [0.15, 0.2) is 0 Å². The van der Waals surface area contributed by atoms with Crippen molar-refractivity contribution >= 4 is 0 Å². The first-order chi connectivity index (χ1) is 2.27. The topological polar surface area (TPSA) is 3.24 Å². The van der Waals surface area contributed by atoms with Crippen LogP contribution < -0.4 is 0 Å². The SMILES string of the molecule is [CH2-]CN(C)C.[Ce]. The van der Waals surface area contributed by atoms with Crippen LogP contribution in [0.2, 0.25) is 0 Å². The fourth-order valence-electron chi connectivity index (χ4n) is 0. The van der Waals surface area contributed by atoms with Gasteiger partial charge in [0.15, 0.2) is 0 Å². The molecule has 0 N–H and O–H groups in total. The second kappa shape index (κ2) is 6.34. The van der Waals surface area contributed by atoms with Crippen molar-refractivity contribution in [2.45, 2.75) is 0 Å². The molecule has 0 heterocycles. The van der Waals surface area contributed by atoms with Crippen LogP contribution in [0.1, 0.15) is 0 Å². The second-order valence-corrected chi connectivity index (χ2v) is 1.30. The quantitative estimate of drug-likeness (QED) is 0.568. The minimum Gasteiger partial charge on any atom is -0.339 e. The Labute approximate surface area is 73.5 Å². The zero-order chi connectivity index (χ0) is 4.28. The summed E-state index contributed by atoms with van der Waals surface area (Å²) in [5.74, 6) is 0. The molecule has 1 nitrogen and oxygen atoms in total. The van der Waals surface area contributed by atoms with Crippen LogP contribution in [-0.4, -0.2) is 25.5 Å². The van der Waals surface area contributed by atoms with E-state index in [1.165, 1.54) is 0 Å². The summed E-state index contributed by atoms with van der Waals surface area (Å²) < 4.78 is 0. The molecule has 0 aromatic rings. The Hall–Kier alpha value is 1.34. The maximum atomic E-state index is 3.61. The van der Waals surface area contributed by atoms with E-state index in [1.807, 2.05) is 19.0 Å². The van der Waals surface area contributed by atoms with Gasteiger partial charge in [0, 0.05) is 41.7 Å². The van der Waals surface area contributed by atoms with E-state index in [4.69, 9.17) is 0 Å². The average Bonchev–Trinajstić information content (AvgIpc) is 1.38. The van der Waals surface area contributed by atoms with Crippen molar-refractivity contribution < 1.29 is 41.7 Å². The van der Waals surface area contributed by atoms with Crippen LogP contribution in [0, 0.1) is 48.7 Å². The first-order valence-corrected chi connectivity index (χ1v) is 1.71. The molecule has 0 spiro atoms. The molecule has 0 unspecified atom stereocenters. The van der Waals surface area contributed by atoms with E-state index in [0.29, 0.717) is 0 Å². The van der Waals surface area contributed by atoms with Crippen molar-refractivity contribution in [2.75, 3.05) is 20.6 Å². The Morgan fingerprint density at radius 1 is 1.50 bits per heavy atom. The van der Waals surface area contributed by atoms with Crippen molar-refractivity contribution in [1.82, 2.24) is 4.90 Å². The molecule has 0 saturated heterocycles. The molecule has 0 atom stereocenters. The Morgan fingerprint density at radius 3 is 1.67 bits per heavy atom. The molecule has 0 aromatic carbocycles. The minimum absolute atomic E-state index is 0. The van der Waals surface area contributed by atoms with Crippen LogP contribution >= 0.6 is 0 Å². The Balaban J connectivity index is 0. The van der Waals surface area contributed by atoms with Gasteiger partial charge in [0.1, 0.15) is 0 Å². The summed E-state index contributed by atoms with van der Waals surface area (Å²) in [6.45, 7) is 4.50. The summed E-state index contributed by atoms with van der Waals surface area (Å²) in [4.78, 5) is 2.01. The molecule has 0 fully saturated rings. The van der Waals surface area contributed by atoms with E-state index in [-0.39, 0.29) is 41.7 Å². The van der Waals surface area contributed by atoms with E-state index >= 15 is 0 Å². The molecule has 2 heteroatoms. The van der Waals surface area contributed by atoms with Gasteiger partial charge < -0.3 is 11.8 Å². The van der Waals surface area contributed by atoms with Crippen molar-refractivity contribution in [3.63, 3.8) is 0 Å². The van der Waals surface area contributed by atoms with Crippen LogP contribution in [-0.2, 0) is 0 Å². The van der Waals surface area contributed by atoms with Crippen molar-refractivity contribution in [2.24, 2.45) is 0 Å². The van der Waals surface area contributed by atoms with Gasteiger partial charge in [0.25, 0.3) is 0 Å². The van der Waals surface area contributed by atoms with E-state index in [1.54, 1.807) is 0 Å². The molecule has 0 aliphatic heterocycles. The fourth-order valence-corrected chi connectivity index (χ4v) is 0. The zero-order valence-corrected chi connectivity index (χ0v) is 7.50. The summed E-state index contributed by atoms with van der Waals surface area (Å²) >= 11 is 0. The molecule has 0 bridgehead atoms. The number of nitrogens with zero attached hydrogens (tertiary/aromatic N) is 1. The zero-order valence-electron chi connectivity index (χ0n) is 4.36. The molecule has 36 valence electrons. The van der Waals surface area contributed by atoms with Gasteiger partial charge in [0.05, 0.1) is 0 Å². The van der Waals surface area contributed by atoms with Gasteiger partial charge in [-0.05, 0) is 14.1 Å². The second-order valence-electron chi connectivity index (χ2n) is 1.30. The number of rotatable bonds is 1. The molecule has 0 rings (SSSR count). The first-order valence-electron chi connectivity index (χ1n) is 1.71. The maximum Gasteiger partial charge on any atom is 0 e. The van der Waals surface area contributed by atoms with E-state index in [9.17, 15) is 0 Å². The monoisotopic (exact) mass is 212 g/mol. The van der Waals surface area contributed by atoms with Crippen LogP contribution in [0.3, 0.4) is 0 Å². The third-order valence-electron chi connectivity index (χ3n) is 0.447. The maximum absolute atomic E-state index is 3.61. The van der Waals surface area contributed by atoms with E-state index in [0.717, 1.165) is 6.54 Å². The molecular weight excluding hydrogens is 202 g/mol. The summed E-state index contributed by atoms with van der Waals surface area (Å²) in [7, 11) is 3.99. The van der Waals surface area contributed by atoms with Crippen LogP contribution in [0.4, 0.5) is 0 Å². The number of hydrogen-bond donors (Lipinski definition) is 0. The van der Waals surface area contributed by atoms with Gasteiger partial charge in [-0.15, -0.1) is 6.54 Å². The van der Waals surface area contributed by atoms with Crippen LogP contribution in [0.25, 0.3) is 0 Å². The normalized spacial score (nSPS) is 8.00. The van der Waals surface area contributed by atoms with Gasteiger partial charge in [-0.2, -0.15) is 0 Å². The molecule has 0 aromatic heterocycles. The molecule has 0 saturated carbocycles. The van der Waals surface area contributed by atoms with Crippen molar-refractivity contribution in [3.8, 4) is 0 Å². The van der Waals surface area contributed by atoms with Gasteiger partial charge in [0.2, 0.25) is 0 Å². The average molecular weight is 212 g/mol. The third-order valence-corrected chi connectivity index (χ3v) is 0.447. The van der Waals surface area contributed by atoms with Crippen molar-refractivity contribution in [3.05, 3.63) is 6.92 Å². The summed E-state index contributed by atoms with van der Waals surface area (Å²) in [6.07, 6.45) is 0. The number of hydrogen-bond acceptors (Lipinski definition) is 1. The van der Waals surface area contributed by atoms with Crippen LogP contribution in [0.5, 0.6) is 0 Å². The molecule has 6 heavy (non-hydrogen) atoms. The Bertz CT molecular complexity index is 21.5. The van der Waals surface area contributed by atoms with Gasteiger partial charge in [-0.1, -0.05) is 0 Å². The summed E-state index contributed by atoms with van der Waals surface area (Å²) in [6, 6.07) is 0. The molecular formula is C4H10CeN-. The molecule has 0 aliphatic carbocycles. The van der Waals surface area contributed by atoms with Gasteiger partial charge in [-0.25, -0.2) is 0 Å². The summed E-state index contributed by atoms with van der Waals surface area (Å²) in [5, 5.41) is 0. The van der Waals surface area contributed by atoms with E-state index < -0.39 is 0 Å². The summed E-state index contributed by atoms with van der Waals surface area (Å²) in [5.41, 5.74) is 0. The first kappa shape index (κ1) is 10.3. The van der Waals surface area contributed by atoms with E-state index in [2.05, 4.69) is 6.92 Å². The largest absolute Gasteiger partial charge is 0.339 e. The fraction of sp³-hybridized carbons (Fsp3) is 0.750. The minimum atomic E-state index is 0.